The van der Waals surface area contributed by atoms with Crippen molar-refractivity contribution < 1.29 is 14.7 Å². The molecule has 0 saturated heterocycles. The van der Waals surface area contributed by atoms with E-state index < -0.39 is 16.9 Å². The van der Waals surface area contributed by atoms with Crippen molar-refractivity contribution in [3.05, 3.63) is 21.4 Å². The normalized spacial score (nSPS) is 12.3. The second-order valence-electron chi connectivity index (χ2n) is 6.05. The van der Waals surface area contributed by atoms with Crippen molar-refractivity contribution >= 4 is 23.2 Å². The van der Waals surface area contributed by atoms with Crippen LogP contribution in [0, 0.1) is 12.3 Å². The zero-order valence-corrected chi connectivity index (χ0v) is 13.8. The van der Waals surface area contributed by atoms with Gasteiger partial charge in [0.25, 0.3) is 5.91 Å². The van der Waals surface area contributed by atoms with E-state index in [9.17, 15) is 14.7 Å². The van der Waals surface area contributed by atoms with Crippen LogP contribution in [0.2, 0.25) is 0 Å². The summed E-state index contributed by atoms with van der Waals surface area (Å²) in [5.74, 6) is -1.14. The summed E-state index contributed by atoms with van der Waals surface area (Å²) in [7, 11) is 0. The third-order valence-electron chi connectivity index (χ3n) is 4.15. The van der Waals surface area contributed by atoms with Crippen molar-refractivity contribution in [3.63, 3.8) is 0 Å². The van der Waals surface area contributed by atoms with Crippen LogP contribution in [-0.2, 0) is 11.2 Å². The topological polar surface area (TPSA) is 66.4 Å². The molecule has 0 aliphatic carbocycles. The highest BCUT2D eigenvalue weighted by molar-refractivity contribution is 7.14. The van der Waals surface area contributed by atoms with Crippen LogP contribution in [0.1, 0.15) is 54.7 Å². The lowest BCUT2D eigenvalue weighted by atomic mass is 9.74. The lowest BCUT2D eigenvalue weighted by Gasteiger charge is -2.38. The van der Waals surface area contributed by atoms with Crippen LogP contribution in [0.3, 0.4) is 0 Å². The molecule has 0 atom stereocenters. The summed E-state index contributed by atoms with van der Waals surface area (Å²) in [6, 6.07) is 1.89. The molecule has 20 heavy (non-hydrogen) atoms. The van der Waals surface area contributed by atoms with Gasteiger partial charge in [-0.2, -0.15) is 0 Å². The third-order valence-corrected chi connectivity index (χ3v) is 5.24. The van der Waals surface area contributed by atoms with Gasteiger partial charge >= 0.3 is 5.97 Å². The Morgan fingerprint density at radius 3 is 2.25 bits per heavy atom. The molecule has 0 aliphatic heterocycles. The summed E-state index contributed by atoms with van der Waals surface area (Å²) in [4.78, 5) is 25.4. The first-order valence-corrected chi connectivity index (χ1v) is 7.49. The Morgan fingerprint density at radius 1 is 1.30 bits per heavy atom. The van der Waals surface area contributed by atoms with E-state index in [2.05, 4.69) is 5.32 Å². The number of hydrogen-bond acceptors (Lipinski definition) is 3. The van der Waals surface area contributed by atoms with Crippen molar-refractivity contribution in [1.82, 2.24) is 5.32 Å². The Bertz CT molecular complexity index is 529. The molecule has 1 aromatic rings. The first kappa shape index (κ1) is 16.7. The highest BCUT2D eigenvalue weighted by Crippen LogP contribution is 2.31. The van der Waals surface area contributed by atoms with Crippen molar-refractivity contribution in [2.24, 2.45) is 5.41 Å². The second-order valence-corrected chi connectivity index (χ2v) is 7.31. The highest BCUT2D eigenvalue weighted by Gasteiger charge is 2.44. The smallest absolute Gasteiger partial charge is 0.311 e. The van der Waals surface area contributed by atoms with E-state index in [1.807, 2.05) is 19.9 Å². The van der Waals surface area contributed by atoms with Gasteiger partial charge < -0.3 is 10.4 Å². The minimum Gasteiger partial charge on any atom is -0.481 e. The van der Waals surface area contributed by atoms with E-state index in [4.69, 9.17) is 0 Å². The Morgan fingerprint density at radius 2 is 1.85 bits per heavy atom. The fourth-order valence-corrected chi connectivity index (χ4v) is 2.76. The lowest BCUT2D eigenvalue weighted by Crippen LogP contribution is -2.56. The van der Waals surface area contributed by atoms with Gasteiger partial charge in [0.15, 0.2) is 0 Å². The van der Waals surface area contributed by atoms with Gasteiger partial charge in [-0.05, 0) is 52.7 Å². The first-order chi connectivity index (χ1) is 9.02. The number of nitrogens with one attached hydrogen (secondary N) is 1. The maximum absolute atomic E-state index is 12.3. The fourth-order valence-electron chi connectivity index (χ4n) is 1.75. The first-order valence-electron chi connectivity index (χ1n) is 6.68. The molecule has 5 heteroatoms. The fraction of sp³-hybridized carbons (Fsp3) is 0.600. The lowest BCUT2D eigenvalue weighted by molar-refractivity contribution is -0.150. The van der Waals surface area contributed by atoms with Crippen LogP contribution < -0.4 is 5.32 Å². The van der Waals surface area contributed by atoms with Crippen molar-refractivity contribution in [2.45, 2.75) is 53.5 Å². The average molecular weight is 297 g/mol. The molecule has 0 aliphatic rings. The Labute approximate surface area is 124 Å². The standard InChI is InChI=1S/C15H23NO3S/c1-7-10-8-11(20-9(10)2)12(17)16-15(5,6)14(3,4)13(18)19/h8H,7H2,1-6H3,(H,16,17)(H,18,19). The summed E-state index contributed by atoms with van der Waals surface area (Å²) >= 11 is 1.45. The van der Waals surface area contributed by atoms with Gasteiger partial charge in [0.2, 0.25) is 0 Å². The molecule has 4 nitrogen and oxygen atoms in total. The second kappa shape index (κ2) is 5.56. The molecule has 1 rings (SSSR count). The number of amides is 1. The molecule has 1 aromatic heterocycles. The molecule has 0 saturated carbocycles. The van der Waals surface area contributed by atoms with Gasteiger partial charge in [-0.25, -0.2) is 0 Å². The molecule has 1 heterocycles. The SMILES string of the molecule is CCc1cc(C(=O)NC(C)(C)C(C)(C)C(=O)O)sc1C. The molecular formula is C15H23NO3S. The minimum atomic E-state index is -1.05. The minimum absolute atomic E-state index is 0.211. The van der Waals surface area contributed by atoms with Crippen molar-refractivity contribution in [1.29, 1.82) is 0 Å². The van der Waals surface area contributed by atoms with Gasteiger partial charge in [0.05, 0.1) is 15.8 Å². The number of rotatable bonds is 5. The monoisotopic (exact) mass is 297 g/mol. The quantitative estimate of drug-likeness (QED) is 0.877. The van der Waals surface area contributed by atoms with E-state index in [-0.39, 0.29) is 5.91 Å². The molecule has 1 amide bonds. The highest BCUT2D eigenvalue weighted by atomic mass is 32.1. The molecule has 0 spiro atoms. The zero-order valence-electron chi connectivity index (χ0n) is 13.0. The van der Waals surface area contributed by atoms with E-state index in [1.165, 1.54) is 11.3 Å². The van der Waals surface area contributed by atoms with Crippen molar-refractivity contribution in [3.8, 4) is 0 Å². The van der Waals surface area contributed by atoms with E-state index in [1.54, 1.807) is 27.7 Å². The average Bonchev–Trinajstić information content (AvgIpc) is 2.69. The number of hydrogen-bond donors (Lipinski definition) is 2. The number of aliphatic carboxylic acids is 1. The van der Waals surface area contributed by atoms with Crippen LogP contribution >= 0.6 is 11.3 Å². The Kier molecular flexibility index (Phi) is 4.64. The molecule has 2 N–H and O–H groups in total. The number of carboxylic acids is 1. The maximum atomic E-state index is 12.3. The van der Waals surface area contributed by atoms with Crippen LogP contribution in [0.4, 0.5) is 0 Å². The van der Waals surface area contributed by atoms with Gasteiger partial charge in [-0.1, -0.05) is 6.92 Å². The van der Waals surface area contributed by atoms with Crippen LogP contribution in [0.5, 0.6) is 0 Å². The summed E-state index contributed by atoms with van der Waals surface area (Å²) in [5, 5.41) is 12.1. The number of aryl methyl sites for hydroxylation is 2. The van der Waals surface area contributed by atoms with Gasteiger partial charge in [0, 0.05) is 4.88 Å². The summed E-state index contributed by atoms with van der Waals surface area (Å²) in [6.07, 6.45) is 0.889. The van der Waals surface area contributed by atoms with Gasteiger partial charge in [0.1, 0.15) is 0 Å². The van der Waals surface area contributed by atoms with Crippen LogP contribution in [0.15, 0.2) is 6.07 Å². The van der Waals surface area contributed by atoms with Crippen LogP contribution in [-0.4, -0.2) is 22.5 Å². The van der Waals surface area contributed by atoms with Crippen molar-refractivity contribution in [2.75, 3.05) is 0 Å². The van der Waals surface area contributed by atoms with Crippen LogP contribution in [0.25, 0.3) is 0 Å². The van der Waals surface area contributed by atoms with E-state index in [0.717, 1.165) is 16.9 Å². The summed E-state index contributed by atoms with van der Waals surface area (Å²) in [5.41, 5.74) is -0.738. The Balaban J connectivity index is 2.97. The summed E-state index contributed by atoms with van der Waals surface area (Å²) < 4.78 is 0. The molecule has 0 radical (unpaired) electrons. The molecule has 0 aromatic carbocycles. The molecule has 112 valence electrons. The Hall–Kier alpha value is -1.36. The van der Waals surface area contributed by atoms with E-state index >= 15 is 0 Å². The number of carbonyl (C=O) groups is 2. The van der Waals surface area contributed by atoms with Gasteiger partial charge in [-0.3, -0.25) is 9.59 Å². The van der Waals surface area contributed by atoms with E-state index in [0.29, 0.717) is 4.88 Å². The number of carboxylic acid groups (broad SMARTS) is 1. The number of thiophene rings is 1. The predicted octanol–water partition coefficient (Wildman–Crippen LogP) is 3.24. The molecule has 0 fully saturated rings. The summed E-state index contributed by atoms with van der Waals surface area (Å²) in [6.45, 7) is 10.8. The molecule has 0 bridgehead atoms. The third kappa shape index (κ3) is 3.03. The molecular weight excluding hydrogens is 274 g/mol. The van der Waals surface area contributed by atoms with Gasteiger partial charge in [-0.15, -0.1) is 11.3 Å². The largest absolute Gasteiger partial charge is 0.481 e. The number of carbonyl (C=O) groups excluding carboxylic acids is 1. The predicted molar refractivity (Wildman–Crippen MR) is 81.4 cm³/mol. The zero-order chi connectivity index (χ0) is 15.7. The maximum Gasteiger partial charge on any atom is 0.311 e. The molecule has 0 unspecified atom stereocenters.